The van der Waals surface area contributed by atoms with E-state index in [9.17, 15) is 43.2 Å². The van der Waals surface area contributed by atoms with Crippen molar-refractivity contribution in [1.29, 1.82) is 0 Å². The molecular formula is C50H96O17P2. The zero-order valence-corrected chi connectivity index (χ0v) is 45.2. The van der Waals surface area contributed by atoms with E-state index < -0.39 is 97.5 Å². The van der Waals surface area contributed by atoms with Gasteiger partial charge >= 0.3 is 39.5 Å². The van der Waals surface area contributed by atoms with Crippen LogP contribution in [0.1, 0.15) is 234 Å². The first-order chi connectivity index (χ1) is 33.0. The lowest BCUT2D eigenvalue weighted by Gasteiger charge is -2.21. The van der Waals surface area contributed by atoms with Crippen molar-refractivity contribution in [2.45, 2.75) is 252 Å². The number of carbonyl (C=O) groups is 4. The third-order valence-corrected chi connectivity index (χ3v) is 13.2. The lowest BCUT2D eigenvalue weighted by Crippen LogP contribution is -2.30. The smallest absolute Gasteiger partial charge is 0.462 e. The number of carbonyl (C=O) groups excluding carboxylic acids is 4. The molecule has 0 heterocycles. The van der Waals surface area contributed by atoms with Crippen molar-refractivity contribution in [3.63, 3.8) is 0 Å². The molecule has 0 spiro atoms. The Morgan fingerprint density at radius 1 is 0.391 bits per heavy atom. The summed E-state index contributed by atoms with van der Waals surface area (Å²) in [5, 5.41) is 10.4. The number of unbranched alkanes of at least 4 members (excludes halogenated alkanes) is 22. The number of phosphoric acid groups is 2. The highest BCUT2D eigenvalue weighted by molar-refractivity contribution is 7.47. The topological polar surface area (TPSA) is 237 Å². The molecule has 0 aromatic carbocycles. The van der Waals surface area contributed by atoms with Gasteiger partial charge < -0.3 is 33.8 Å². The van der Waals surface area contributed by atoms with Crippen molar-refractivity contribution in [1.82, 2.24) is 0 Å². The van der Waals surface area contributed by atoms with E-state index >= 15 is 0 Å². The minimum Gasteiger partial charge on any atom is -0.462 e. The highest BCUT2D eigenvalue weighted by Crippen LogP contribution is 2.45. The SMILES string of the molecule is CCCCCCCCCC(=O)OC[C@H](COP(=O)(O)OC[C@@H](O)COP(=O)(O)OC[C@@H](COC(=O)CCCCCCC)OC(=O)CCCCCCCCC)OC(=O)CCCCCCCCCC(C)C. The Bertz CT molecular complexity index is 1380. The molecular weight excluding hydrogens is 934 g/mol. The summed E-state index contributed by atoms with van der Waals surface area (Å²) in [4.78, 5) is 71.0. The van der Waals surface area contributed by atoms with Gasteiger partial charge in [-0.25, -0.2) is 9.13 Å². The number of rotatable bonds is 50. The van der Waals surface area contributed by atoms with Gasteiger partial charge in [-0.3, -0.25) is 37.3 Å². The summed E-state index contributed by atoms with van der Waals surface area (Å²) in [6.07, 6.45) is 23.2. The normalized spacial score (nSPS) is 14.7. The number of hydrogen-bond acceptors (Lipinski definition) is 15. The second-order valence-corrected chi connectivity index (χ2v) is 21.6. The number of esters is 4. The van der Waals surface area contributed by atoms with Gasteiger partial charge in [0.15, 0.2) is 12.2 Å². The van der Waals surface area contributed by atoms with Crippen LogP contribution in [0.5, 0.6) is 0 Å². The molecule has 19 heteroatoms. The Morgan fingerprint density at radius 2 is 0.667 bits per heavy atom. The predicted molar refractivity (Wildman–Crippen MR) is 266 cm³/mol. The van der Waals surface area contributed by atoms with Gasteiger partial charge in [0.05, 0.1) is 26.4 Å². The van der Waals surface area contributed by atoms with Crippen LogP contribution >= 0.6 is 15.6 Å². The molecule has 0 aliphatic carbocycles. The van der Waals surface area contributed by atoms with Gasteiger partial charge in [0.1, 0.15) is 19.3 Å². The first-order valence-electron chi connectivity index (χ1n) is 26.6. The van der Waals surface area contributed by atoms with E-state index in [0.717, 1.165) is 122 Å². The van der Waals surface area contributed by atoms with Crippen LogP contribution in [0.15, 0.2) is 0 Å². The summed E-state index contributed by atoms with van der Waals surface area (Å²) in [7, 11) is -9.84. The summed E-state index contributed by atoms with van der Waals surface area (Å²) < 4.78 is 67.0. The van der Waals surface area contributed by atoms with Gasteiger partial charge in [-0.2, -0.15) is 0 Å². The van der Waals surface area contributed by atoms with Crippen molar-refractivity contribution in [2.24, 2.45) is 5.92 Å². The van der Waals surface area contributed by atoms with Crippen LogP contribution in [-0.4, -0.2) is 96.7 Å². The monoisotopic (exact) mass is 1030 g/mol. The van der Waals surface area contributed by atoms with Gasteiger partial charge in [0, 0.05) is 25.7 Å². The summed E-state index contributed by atoms with van der Waals surface area (Å²) in [6, 6.07) is 0. The molecule has 0 aliphatic rings. The van der Waals surface area contributed by atoms with Gasteiger partial charge in [-0.1, -0.05) is 182 Å². The molecule has 0 bridgehead atoms. The highest BCUT2D eigenvalue weighted by Gasteiger charge is 2.30. The summed E-state index contributed by atoms with van der Waals surface area (Å²) in [6.45, 7) is 6.84. The average Bonchev–Trinajstić information content (AvgIpc) is 3.30. The Morgan fingerprint density at radius 3 is 0.986 bits per heavy atom. The Labute approximate surface area is 416 Å². The lowest BCUT2D eigenvalue weighted by molar-refractivity contribution is -0.161. The number of phosphoric ester groups is 2. The van der Waals surface area contributed by atoms with E-state index in [1.54, 1.807) is 0 Å². The van der Waals surface area contributed by atoms with E-state index in [1.165, 1.54) is 25.7 Å². The minimum atomic E-state index is -4.92. The molecule has 17 nitrogen and oxygen atoms in total. The Hall–Kier alpha value is -1.94. The number of ether oxygens (including phenoxy) is 4. The zero-order chi connectivity index (χ0) is 51.4. The quantitative estimate of drug-likeness (QED) is 0.0222. The van der Waals surface area contributed by atoms with Crippen molar-refractivity contribution in [2.75, 3.05) is 39.6 Å². The molecule has 408 valence electrons. The third kappa shape index (κ3) is 45.7. The van der Waals surface area contributed by atoms with Crippen LogP contribution in [0.3, 0.4) is 0 Å². The maximum Gasteiger partial charge on any atom is 0.472 e. The molecule has 0 aromatic rings. The molecule has 0 amide bonds. The van der Waals surface area contributed by atoms with Crippen LogP contribution in [0.25, 0.3) is 0 Å². The van der Waals surface area contributed by atoms with E-state index in [2.05, 4.69) is 34.6 Å². The largest absolute Gasteiger partial charge is 0.472 e. The second-order valence-electron chi connectivity index (χ2n) is 18.7. The molecule has 5 atom stereocenters. The van der Waals surface area contributed by atoms with E-state index in [4.69, 9.17) is 37.0 Å². The van der Waals surface area contributed by atoms with Crippen LogP contribution in [0.2, 0.25) is 0 Å². The molecule has 69 heavy (non-hydrogen) atoms. The van der Waals surface area contributed by atoms with E-state index in [-0.39, 0.29) is 25.7 Å². The van der Waals surface area contributed by atoms with E-state index in [0.29, 0.717) is 31.6 Å². The van der Waals surface area contributed by atoms with Crippen LogP contribution < -0.4 is 0 Å². The number of aliphatic hydroxyl groups excluding tert-OH is 1. The summed E-state index contributed by atoms with van der Waals surface area (Å²) in [5.74, 6) is -1.48. The van der Waals surface area contributed by atoms with E-state index in [1.807, 2.05) is 0 Å². The predicted octanol–water partition coefficient (Wildman–Crippen LogP) is 12.3. The molecule has 0 saturated heterocycles. The highest BCUT2D eigenvalue weighted by atomic mass is 31.2. The average molecular weight is 1030 g/mol. The second kappa shape index (κ2) is 44.7. The van der Waals surface area contributed by atoms with Crippen molar-refractivity contribution >= 4 is 39.5 Å². The number of hydrogen-bond donors (Lipinski definition) is 3. The number of aliphatic hydroxyl groups is 1. The molecule has 2 unspecified atom stereocenters. The molecule has 0 aromatic heterocycles. The van der Waals surface area contributed by atoms with Gasteiger partial charge in [0.25, 0.3) is 0 Å². The summed E-state index contributed by atoms with van der Waals surface area (Å²) >= 11 is 0. The maximum atomic E-state index is 12.8. The van der Waals surface area contributed by atoms with Crippen LogP contribution in [0, 0.1) is 5.92 Å². The molecule has 0 radical (unpaired) electrons. The molecule has 0 fully saturated rings. The fourth-order valence-electron chi connectivity index (χ4n) is 7.11. The molecule has 0 aliphatic heterocycles. The Balaban J connectivity index is 5.17. The molecule has 3 N–H and O–H groups in total. The van der Waals surface area contributed by atoms with Gasteiger partial charge in [-0.15, -0.1) is 0 Å². The lowest BCUT2D eigenvalue weighted by atomic mass is 10.0. The fraction of sp³-hybridized carbons (Fsp3) is 0.920. The molecule has 0 saturated carbocycles. The third-order valence-electron chi connectivity index (χ3n) is 11.3. The van der Waals surface area contributed by atoms with Crippen molar-refractivity contribution in [3.8, 4) is 0 Å². The zero-order valence-electron chi connectivity index (χ0n) is 43.4. The summed E-state index contributed by atoms with van der Waals surface area (Å²) in [5.41, 5.74) is 0. The Kier molecular flexibility index (Phi) is 43.5. The van der Waals surface area contributed by atoms with Crippen LogP contribution in [-0.2, 0) is 65.4 Å². The van der Waals surface area contributed by atoms with Crippen LogP contribution in [0.4, 0.5) is 0 Å². The maximum absolute atomic E-state index is 12.8. The van der Waals surface area contributed by atoms with Crippen molar-refractivity contribution in [3.05, 3.63) is 0 Å². The minimum absolute atomic E-state index is 0.102. The first kappa shape index (κ1) is 67.1. The standard InChI is InChI=1S/C50H96O17P2/c1-6-9-12-15-18-24-29-34-48(53)61-40-46(67-50(55)36-31-26-21-17-20-23-27-32-43(4)5)42-65-69(58,59)63-38-44(51)37-62-68(56,57)64-41-45(39-60-47(52)33-28-22-14-11-8-3)66-49(54)35-30-25-19-16-13-10-7-2/h43-46,51H,6-42H2,1-5H3,(H,56,57)(H,58,59)/t44-,45+,46+/m0/s1. The first-order valence-corrected chi connectivity index (χ1v) is 29.6. The van der Waals surface area contributed by atoms with Gasteiger partial charge in [0.2, 0.25) is 0 Å². The van der Waals surface area contributed by atoms with Gasteiger partial charge in [-0.05, 0) is 31.6 Å². The van der Waals surface area contributed by atoms with Crippen molar-refractivity contribution < 1.29 is 80.2 Å². The fourth-order valence-corrected chi connectivity index (χ4v) is 8.69. The molecule has 0 rings (SSSR count).